The van der Waals surface area contributed by atoms with Gasteiger partial charge in [-0.2, -0.15) is 0 Å². The number of anilines is 1. The third-order valence-electron chi connectivity index (χ3n) is 2.72. The fourth-order valence-electron chi connectivity index (χ4n) is 1.70. The maximum Gasteiger partial charge on any atom is 0.150 e. The first-order valence-electron chi connectivity index (χ1n) is 5.51. The molecule has 1 N–H and O–H groups in total. The van der Waals surface area contributed by atoms with Gasteiger partial charge in [-0.05, 0) is 24.1 Å². The van der Waals surface area contributed by atoms with Gasteiger partial charge < -0.3 is 5.32 Å². The molecule has 0 spiro atoms. The third kappa shape index (κ3) is 2.79. The zero-order valence-electron chi connectivity index (χ0n) is 9.81. The first kappa shape index (κ1) is 12.8. The van der Waals surface area contributed by atoms with E-state index in [1.165, 1.54) is 0 Å². The van der Waals surface area contributed by atoms with Crippen molar-refractivity contribution in [2.45, 2.75) is 13.5 Å². The lowest BCUT2D eigenvalue weighted by Gasteiger charge is -2.11. The summed E-state index contributed by atoms with van der Waals surface area (Å²) in [6.07, 6.45) is 0. The van der Waals surface area contributed by atoms with E-state index in [2.05, 4.69) is 5.32 Å². The summed E-state index contributed by atoms with van der Waals surface area (Å²) in [7, 11) is 0. The van der Waals surface area contributed by atoms with Crippen LogP contribution in [0.1, 0.15) is 11.1 Å². The highest BCUT2D eigenvalue weighted by atomic mass is 35.5. The Morgan fingerprint density at radius 2 is 1.89 bits per heavy atom. The molecule has 2 aromatic rings. The van der Waals surface area contributed by atoms with Gasteiger partial charge in [-0.1, -0.05) is 35.9 Å². The van der Waals surface area contributed by atoms with Gasteiger partial charge in [0, 0.05) is 12.6 Å². The van der Waals surface area contributed by atoms with Crippen molar-refractivity contribution < 1.29 is 8.78 Å². The van der Waals surface area contributed by atoms with Gasteiger partial charge in [-0.3, -0.25) is 0 Å². The molecule has 0 atom stereocenters. The van der Waals surface area contributed by atoms with E-state index in [9.17, 15) is 8.78 Å². The molecule has 94 valence electrons. The number of benzene rings is 2. The van der Waals surface area contributed by atoms with Gasteiger partial charge in [0.2, 0.25) is 0 Å². The predicted octanol–water partition coefficient (Wildman–Crippen LogP) is 4.54. The average Bonchev–Trinajstić information content (AvgIpc) is 2.30. The number of rotatable bonds is 3. The highest BCUT2D eigenvalue weighted by molar-refractivity contribution is 6.33. The van der Waals surface area contributed by atoms with Crippen LogP contribution in [-0.2, 0) is 6.54 Å². The Balaban J connectivity index is 2.19. The van der Waals surface area contributed by atoms with Crippen molar-refractivity contribution in [2.75, 3.05) is 5.32 Å². The molecular weight excluding hydrogens is 256 g/mol. The summed E-state index contributed by atoms with van der Waals surface area (Å²) in [6.45, 7) is 2.41. The van der Waals surface area contributed by atoms with Crippen LogP contribution in [0.15, 0.2) is 36.4 Å². The van der Waals surface area contributed by atoms with Crippen molar-refractivity contribution in [2.24, 2.45) is 0 Å². The number of nitrogens with one attached hydrogen (secondary N) is 1. The summed E-state index contributed by atoms with van der Waals surface area (Å²) in [4.78, 5) is 0. The minimum atomic E-state index is -0.686. The molecule has 0 saturated heterocycles. The van der Waals surface area contributed by atoms with Crippen LogP contribution in [0.25, 0.3) is 0 Å². The Morgan fingerprint density at radius 3 is 2.56 bits per heavy atom. The fourth-order valence-corrected chi connectivity index (χ4v) is 1.96. The normalized spacial score (nSPS) is 10.4. The smallest absolute Gasteiger partial charge is 0.150 e. The Labute approximate surface area is 109 Å². The molecule has 0 saturated carbocycles. The minimum Gasteiger partial charge on any atom is -0.377 e. The largest absolute Gasteiger partial charge is 0.377 e. The molecule has 0 amide bonds. The molecule has 0 unspecified atom stereocenters. The van der Waals surface area contributed by atoms with Crippen LogP contribution in [0.3, 0.4) is 0 Å². The predicted molar refractivity (Wildman–Crippen MR) is 69.9 cm³/mol. The van der Waals surface area contributed by atoms with E-state index in [0.29, 0.717) is 6.54 Å². The summed E-state index contributed by atoms with van der Waals surface area (Å²) >= 11 is 5.80. The van der Waals surface area contributed by atoms with Crippen LogP contribution in [0.5, 0.6) is 0 Å². The summed E-state index contributed by atoms with van der Waals surface area (Å²) < 4.78 is 26.4. The number of aryl methyl sites for hydroxylation is 1. The van der Waals surface area contributed by atoms with E-state index in [-0.39, 0.29) is 10.7 Å². The van der Waals surface area contributed by atoms with E-state index in [0.717, 1.165) is 23.3 Å². The van der Waals surface area contributed by atoms with Crippen LogP contribution in [0.4, 0.5) is 14.5 Å². The van der Waals surface area contributed by atoms with E-state index >= 15 is 0 Å². The number of halogens is 3. The quantitative estimate of drug-likeness (QED) is 0.861. The molecule has 0 aliphatic heterocycles. The SMILES string of the molecule is Cc1ccccc1CNc1c(F)cc(F)cc1Cl. The number of hydrogen-bond donors (Lipinski definition) is 1. The van der Waals surface area contributed by atoms with Crippen molar-refractivity contribution in [1.82, 2.24) is 0 Å². The minimum absolute atomic E-state index is 0.0427. The topological polar surface area (TPSA) is 12.0 Å². The lowest BCUT2D eigenvalue weighted by molar-refractivity contribution is 0.585. The standard InChI is InChI=1S/C14H12ClF2N/c1-9-4-2-3-5-10(9)8-18-14-12(15)6-11(16)7-13(14)17/h2-7,18H,8H2,1H3. The zero-order chi connectivity index (χ0) is 13.1. The van der Waals surface area contributed by atoms with Gasteiger partial charge in [-0.25, -0.2) is 8.78 Å². The van der Waals surface area contributed by atoms with Gasteiger partial charge >= 0.3 is 0 Å². The Hall–Kier alpha value is -1.61. The zero-order valence-corrected chi connectivity index (χ0v) is 10.6. The molecule has 1 nitrogen and oxygen atoms in total. The van der Waals surface area contributed by atoms with Crippen LogP contribution in [-0.4, -0.2) is 0 Å². The Morgan fingerprint density at radius 1 is 1.17 bits per heavy atom. The van der Waals surface area contributed by atoms with Gasteiger partial charge in [-0.15, -0.1) is 0 Å². The molecule has 2 aromatic carbocycles. The molecule has 0 radical (unpaired) electrons. The van der Waals surface area contributed by atoms with E-state index in [1.54, 1.807) is 0 Å². The molecule has 0 aliphatic rings. The second kappa shape index (κ2) is 5.36. The second-order valence-electron chi connectivity index (χ2n) is 4.02. The fraction of sp³-hybridized carbons (Fsp3) is 0.143. The van der Waals surface area contributed by atoms with E-state index in [4.69, 9.17) is 11.6 Å². The lowest BCUT2D eigenvalue weighted by atomic mass is 10.1. The monoisotopic (exact) mass is 267 g/mol. The maximum atomic E-state index is 13.5. The molecule has 18 heavy (non-hydrogen) atoms. The third-order valence-corrected chi connectivity index (χ3v) is 3.02. The summed E-state index contributed by atoms with van der Waals surface area (Å²) in [5, 5.41) is 2.93. The summed E-state index contributed by atoms with van der Waals surface area (Å²) in [6, 6.07) is 9.66. The van der Waals surface area contributed by atoms with E-state index in [1.807, 2.05) is 31.2 Å². The van der Waals surface area contributed by atoms with Crippen molar-refractivity contribution in [1.29, 1.82) is 0 Å². The van der Waals surface area contributed by atoms with Crippen LogP contribution < -0.4 is 5.32 Å². The molecule has 2 rings (SSSR count). The van der Waals surface area contributed by atoms with Crippen molar-refractivity contribution in [3.63, 3.8) is 0 Å². The van der Waals surface area contributed by atoms with Crippen molar-refractivity contribution >= 4 is 17.3 Å². The summed E-state index contributed by atoms with van der Waals surface area (Å²) in [5.74, 6) is -1.37. The molecule has 0 aromatic heterocycles. The molecule has 0 aliphatic carbocycles. The highest BCUT2D eigenvalue weighted by Gasteiger charge is 2.09. The van der Waals surface area contributed by atoms with Gasteiger partial charge in [0.25, 0.3) is 0 Å². The molecular formula is C14H12ClF2N. The molecule has 0 fully saturated rings. The first-order chi connectivity index (χ1) is 8.58. The average molecular weight is 268 g/mol. The van der Waals surface area contributed by atoms with Crippen molar-refractivity contribution in [3.8, 4) is 0 Å². The highest BCUT2D eigenvalue weighted by Crippen LogP contribution is 2.27. The number of hydrogen-bond acceptors (Lipinski definition) is 1. The molecule has 0 bridgehead atoms. The Kier molecular flexibility index (Phi) is 3.82. The van der Waals surface area contributed by atoms with Gasteiger partial charge in [0.15, 0.2) is 5.82 Å². The molecule has 4 heteroatoms. The second-order valence-corrected chi connectivity index (χ2v) is 4.43. The Bertz CT molecular complexity index is 546. The van der Waals surface area contributed by atoms with Crippen LogP contribution in [0, 0.1) is 18.6 Å². The van der Waals surface area contributed by atoms with Crippen molar-refractivity contribution in [3.05, 3.63) is 64.2 Å². The van der Waals surface area contributed by atoms with Crippen LogP contribution >= 0.6 is 11.6 Å². The maximum absolute atomic E-state index is 13.5. The molecule has 0 heterocycles. The van der Waals surface area contributed by atoms with Gasteiger partial charge in [0.1, 0.15) is 5.82 Å². The van der Waals surface area contributed by atoms with E-state index < -0.39 is 11.6 Å². The van der Waals surface area contributed by atoms with Crippen LogP contribution in [0.2, 0.25) is 5.02 Å². The first-order valence-corrected chi connectivity index (χ1v) is 5.88. The van der Waals surface area contributed by atoms with Gasteiger partial charge in [0.05, 0.1) is 10.7 Å². The lowest BCUT2D eigenvalue weighted by Crippen LogP contribution is -2.04. The summed E-state index contributed by atoms with van der Waals surface area (Å²) in [5.41, 5.74) is 2.27.